The van der Waals surface area contributed by atoms with E-state index in [9.17, 15) is 0 Å². The van der Waals surface area contributed by atoms with Gasteiger partial charge in [-0.2, -0.15) is 0 Å². The van der Waals surface area contributed by atoms with Gasteiger partial charge in [0.1, 0.15) is 4.60 Å². The number of nitrogens with zero attached hydrogens (tertiary/aromatic N) is 3. The Hall–Kier alpha value is -0.390. The van der Waals surface area contributed by atoms with Crippen molar-refractivity contribution in [2.24, 2.45) is 12.8 Å². The SMILES string of the molecule is Cn1cnc(C(CN)N2CCCCC2)c1Br. The normalized spacial score (nSPS) is 19.9. The molecule has 0 amide bonds. The van der Waals surface area contributed by atoms with Gasteiger partial charge in [0.25, 0.3) is 0 Å². The van der Waals surface area contributed by atoms with Crippen LogP contribution in [0.4, 0.5) is 0 Å². The van der Waals surface area contributed by atoms with Crippen LogP contribution in [0.5, 0.6) is 0 Å². The highest BCUT2D eigenvalue weighted by Crippen LogP contribution is 2.27. The second-order valence-corrected chi connectivity index (χ2v) is 5.13. The fraction of sp³-hybridized carbons (Fsp3) is 0.727. The van der Waals surface area contributed by atoms with E-state index in [-0.39, 0.29) is 6.04 Å². The Morgan fingerprint density at radius 3 is 2.62 bits per heavy atom. The lowest BCUT2D eigenvalue weighted by molar-refractivity contribution is 0.164. The van der Waals surface area contributed by atoms with Gasteiger partial charge < -0.3 is 10.3 Å². The molecule has 0 radical (unpaired) electrons. The number of nitrogens with two attached hydrogens (primary N) is 1. The monoisotopic (exact) mass is 286 g/mol. The summed E-state index contributed by atoms with van der Waals surface area (Å²) in [6.45, 7) is 2.92. The molecule has 0 aliphatic carbocycles. The summed E-state index contributed by atoms with van der Waals surface area (Å²) >= 11 is 3.58. The van der Waals surface area contributed by atoms with Gasteiger partial charge in [0.2, 0.25) is 0 Å². The van der Waals surface area contributed by atoms with Crippen LogP contribution in [0.15, 0.2) is 10.9 Å². The van der Waals surface area contributed by atoms with Crippen LogP contribution in [0, 0.1) is 0 Å². The van der Waals surface area contributed by atoms with E-state index in [1.165, 1.54) is 19.3 Å². The summed E-state index contributed by atoms with van der Waals surface area (Å²) in [5.41, 5.74) is 6.98. The zero-order valence-electron chi connectivity index (χ0n) is 9.69. The molecule has 2 heterocycles. The van der Waals surface area contributed by atoms with Crippen molar-refractivity contribution in [3.8, 4) is 0 Å². The highest BCUT2D eigenvalue weighted by molar-refractivity contribution is 9.10. The third-order valence-corrected chi connectivity index (χ3v) is 4.23. The summed E-state index contributed by atoms with van der Waals surface area (Å²) in [5.74, 6) is 0. The first-order valence-electron chi connectivity index (χ1n) is 5.85. The molecule has 16 heavy (non-hydrogen) atoms. The zero-order valence-corrected chi connectivity index (χ0v) is 11.3. The van der Waals surface area contributed by atoms with Crippen LogP contribution >= 0.6 is 15.9 Å². The van der Waals surface area contributed by atoms with E-state index >= 15 is 0 Å². The number of rotatable bonds is 3. The minimum absolute atomic E-state index is 0.260. The third kappa shape index (κ3) is 2.31. The maximum absolute atomic E-state index is 5.90. The number of hydrogen-bond acceptors (Lipinski definition) is 3. The van der Waals surface area contributed by atoms with Gasteiger partial charge >= 0.3 is 0 Å². The molecule has 4 nitrogen and oxygen atoms in total. The predicted molar refractivity (Wildman–Crippen MR) is 68.1 cm³/mol. The number of piperidine rings is 1. The summed E-state index contributed by atoms with van der Waals surface area (Å²) in [7, 11) is 1.99. The van der Waals surface area contributed by atoms with Crippen LogP contribution in [0.1, 0.15) is 31.0 Å². The number of likely N-dealkylation sites (tertiary alicyclic amines) is 1. The summed E-state index contributed by atoms with van der Waals surface area (Å²) in [5, 5.41) is 0. The lowest BCUT2D eigenvalue weighted by atomic mass is 10.1. The van der Waals surface area contributed by atoms with Crippen LogP contribution in [-0.2, 0) is 7.05 Å². The molecule has 0 spiro atoms. The number of aromatic nitrogens is 2. The zero-order chi connectivity index (χ0) is 11.5. The minimum atomic E-state index is 0.260. The molecule has 1 fully saturated rings. The predicted octanol–water partition coefficient (Wildman–Crippen LogP) is 1.67. The number of halogens is 1. The molecule has 2 N–H and O–H groups in total. The third-order valence-electron chi connectivity index (χ3n) is 3.26. The van der Waals surface area contributed by atoms with Crippen LogP contribution in [0.25, 0.3) is 0 Å². The second-order valence-electron chi connectivity index (χ2n) is 4.38. The molecule has 0 bridgehead atoms. The Kier molecular flexibility index (Phi) is 4.00. The Bertz CT molecular complexity index is 344. The molecule has 1 aromatic rings. The lowest BCUT2D eigenvalue weighted by Gasteiger charge is -2.33. The van der Waals surface area contributed by atoms with Gasteiger partial charge in [-0.15, -0.1) is 0 Å². The van der Waals surface area contributed by atoms with Gasteiger partial charge in [0.05, 0.1) is 18.1 Å². The first-order valence-corrected chi connectivity index (χ1v) is 6.64. The highest BCUT2D eigenvalue weighted by Gasteiger charge is 2.25. The summed E-state index contributed by atoms with van der Waals surface area (Å²) in [6, 6.07) is 0.260. The smallest absolute Gasteiger partial charge is 0.109 e. The largest absolute Gasteiger partial charge is 0.329 e. The first kappa shape index (κ1) is 12.1. The van der Waals surface area contributed by atoms with E-state index in [0.717, 1.165) is 23.4 Å². The number of aryl methyl sites for hydroxylation is 1. The first-order chi connectivity index (χ1) is 7.74. The molecule has 1 unspecified atom stereocenters. The molecule has 0 saturated carbocycles. The van der Waals surface area contributed by atoms with Gasteiger partial charge in [-0.25, -0.2) is 4.98 Å². The molecule has 5 heteroatoms. The van der Waals surface area contributed by atoms with Gasteiger partial charge in [-0.05, 0) is 41.9 Å². The molecular formula is C11H19BrN4. The molecule has 90 valence electrons. The standard InChI is InChI=1S/C11H19BrN4/c1-15-8-14-10(11(15)12)9(7-13)16-5-3-2-4-6-16/h8-9H,2-7,13H2,1H3. The maximum Gasteiger partial charge on any atom is 0.109 e. The van der Waals surface area contributed by atoms with E-state index in [1.807, 2.05) is 17.9 Å². The number of imidazole rings is 1. The van der Waals surface area contributed by atoms with E-state index in [1.54, 1.807) is 0 Å². The van der Waals surface area contributed by atoms with Crippen molar-refractivity contribution in [3.05, 3.63) is 16.6 Å². The Balaban J connectivity index is 2.18. The van der Waals surface area contributed by atoms with E-state index in [0.29, 0.717) is 6.54 Å². The molecular weight excluding hydrogens is 268 g/mol. The quantitative estimate of drug-likeness (QED) is 0.920. The molecule has 1 atom stereocenters. The van der Waals surface area contributed by atoms with E-state index in [4.69, 9.17) is 5.73 Å². The van der Waals surface area contributed by atoms with Gasteiger partial charge in [0, 0.05) is 13.6 Å². The summed E-state index contributed by atoms with van der Waals surface area (Å²) in [6.07, 6.45) is 5.74. The van der Waals surface area contributed by atoms with E-state index in [2.05, 4.69) is 25.8 Å². The lowest BCUT2D eigenvalue weighted by Crippen LogP contribution is -2.37. The van der Waals surface area contributed by atoms with Crippen LogP contribution in [-0.4, -0.2) is 34.1 Å². The summed E-state index contributed by atoms with van der Waals surface area (Å²) < 4.78 is 3.04. The average Bonchev–Trinajstić information content (AvgIpc) is 2.64. The van der Waals surface area contributed by atoms with Crippen molar-refractivity contribution < 1.29 is 0 Å². The van der Waals surface area contributed by atoms with Gasteiger partial charge in [0.15, 0.2) is 0 Å². The maximum atomic E-state index is 5.90. The topological polar surface area (TPSA) is 47.1 Å². The fourth-order valence-electron chi connectivity index (χ4n) is 2.32. The summed E-state index contributed by atoms with van der Waals surface area (Å²) in [4.78, 5) is 6.91. The van der Waals surface area contributed by atoms with Crippen molar-refractivity contribution in [1.82, 2.24) is 14.5 Å². The van der Waals surface area contributed by atoms with Crippen LogP contribution in [0.2, 0.25) is 0 Å². The van der Waals surface area contributed by atoms with Crippen molar-refractivity contribution in [2.45, 2.75) is 25.3 Å². The van der Waals surface area contributed by atoms with Crippen molar-refractivity contribution in [3.63, 3.8) is 0 Å². The minimum Gasteiger partial charge on any atom is -0.329 e. The van der Waals surface area contributed by atoms with Crippen molar-refractivity contribution >= 4 is 15.9 Å². The molecule has 1 aliphatic rings. The second kappa shape index (κ2) is 5.29. The van der Waals surface area contributed by atoms with Gasteiger partial charge in [-0.1, -0.05) is 6.42 Å². The Labute approximate surface area is 105 Å². The van der Waals surface area contributed by atoms with E-state index < -0.39 is 0 Å². The van der Waals surface area contributed by atoms with Crippen molar-refractivity contribution in [1.29, 1.82) is 0 Å². The van der Waals surface area contributed by atoms with Crippen molar-refractivity contribution in [2.75, 3.05) is 19.6 Å². The Morgan fingerprint density at radius 1 is 1.44 bits per heavy atom. The average molecular weight is 287 g/mol. The van der Waals surface area contributed by atoms with Crippen LogP contribution < -0.4 is 5.73 Å². The molecule has 1 saturated heterocycles. The highest BCUT2D eigenvalue weighted by atomic mass is 79.9. The molecule has 1 aliphatic heterocycles. The molecule has 2 rings (SSSR count). The molecule has 1 aromatic heterocycles. The fourth-order valence-corrected chi connectivity index (χ4v) is 2.78. The Morgan fingerprint density at radius 2 is 2.12 bits per heavy atom. The van der Waals surface area contributed by atoms with Gasteiger partial charge in [-0.3, -0.25) is 4.90 Å². The number of hydrogen-bond donors (Lipinski definition) is 1. The van der Waals surface area contributed by atoms with Crippen LogP contribution in [0.3, 0.4) is 0 Å². The molecule has 0 aromatic carbocycles.